The molecule has 0 radical (unpaired) electrons. The van der Waals surface area contributed by atoms with Gasteiger partial charge < -0.3 is 4.90 Å². The zero-order chi connectivity index (χ0) is 16.4. The molecule has 0 unspecified atom stereocenters. The predicted molar refractivity (Wildman–Crippen MR) is 86.7 cm³/mol. The predicted octanol–water partition coefficient (Wildman–Crippen LogP) is 3.05. The number of hydrogen-bond acceptors (Lipinski definition) is 2. The van der Waals surface area contributed by atoms with Gasteiger partial charge in [-0.2, -0.15) is 5.10 Å². The third-order valence-electron chi connectivity index (χ3n) is 4.38. The van der Waals surface area contributed by atoms with Crippen LogP contribution in [0.25, 0.3) is 0 Å². The number of aromatic nitrogens is 2. The quantitative estimate of drug-likeness (QED) is 0.873. The average molecular weight is 315 g/mol. The van der Waals surface area contributed by atoms with E-state index in [4.69, 9.17) is 0 Å². The van der Waals surface area contributed by atoms with Crippen LogP contribution in [-0.4, -0.2) is 33.7 Å². The summed E-state index contributed by atoms with van der Waals surface area (Å²) < 4.78 is 15.3. The molecule has 1 saturated heterocycles. The minimum Gasteiger partial charge on any atom is -0.340 e. The molecule has 1 aromatic heterocycles. The molecule has 1 aliphatic rings. The molecule has 4 nitrogen and oxygen atoms in total. The molecule has 1 amide bonds. The van der Waals surface area contributed by atoms with Crippen LogP contribution in [0.2, 0.25) is 0 Å². The van der Waals surface area contributed by atoms with E-state index < -0.39 is 0 Å². The molecule has 0 saturated carbocycles. The van der Waals surface area contributed by atoms with E-state index in [0.29, 0.717) is 6.54 Å². The van der Waals surface area contributed by atoms with Crippen LogP contribution in [0.15, 0.2) is 30.3 Å². The van der Waals surface area contributed by atoms with Crippen molar-refractivity contribution in [3.8, 4) is 0 Å². The maximum absolute atomic E-state index is 13.3. The molecule has 0 N–H and O–H groups in total. The van der Waals surface area contributed by atoms with Gasteiger partial charge in [-0.05, 0) is 50.5 Å². The van der Waals surface area contributed by atoms with Gasteiger partial charge in [0.15, 0.2) is 0 Å². The van der Waals surface area contributed by atoms with Crippen molar-refractivity contribution in [2.45, 2.75) is 39.2 Å². The van der Waals surface area contributed by atoms with Gasteiger partial charge in [-0.25, -0.2) is 4.39 Å². The van der Waals surface area contributed by atoms with Crippen molar-refractivity contribution in [1.82, 2.24) is 14.7 Å². The molecule has 1 aliphatic heterocycles. The van der Waals surface area contributed by atoms with Gasteiger partial charge in [-0.1, -0.05) is 12.1 Å². The molecule has 0 spiro atoms. The van der Waals surface area contributed by atoms with E-state index in [1.807, 2.05) is 23.4 Å². The number of nitrogens with zero attached hydrogens (tertiary/aromatic N) is 3. The molecular weight excluding hydrogens is 293 g/mol. The normalized spacial score (nSPS) is 18.2. The molecular formula is C18H22FN3O. The van der Waals surface area contributed by atoms with Crippen LogP contribution in [0.1, 0.15) is 35.8 Å². The Bertz CT molecular complexity index is 710. The van der Waals surface area contributed by atoms with Crippen LogP contribution in [0.5, 0.6) is 0 Å². The lowest BCUT2D eigenvalue weighted by atomic mass is 10.0. The van der Waals surface area contributed by atoms with Crippen molar-refractivity contribution in [3.63, 3.8) is 0 Å². The fraction of sp³-hybridized carbons (Fsp3) is 0.444. The summed E-state index contributed by atoms with van der Waals surface area (Å²) in [6, 6.07) is 8.56. The lowest BCUT2D eigenvalue weighted by Gasteiger charge is -2.33. The minimum atomic E-state index is -0.297. The Balaban J connectivity index is 1.68. The summed E-state index contributed by atoms with van der Waals surface area (Å²) >= 11 is 0. The highest BCUT2D eigenvalue weighted by Gasteiger charge is 2.26. The largest absolute Gasteiger partial charge is 0.340 e. The number of amides is 1. The van der Waals surface area contributed by atoms with Gasteiger partial charge in [-0.15, -0.1) is 0 Å². The van der Waals surface area contributed by atoms with E-state index >= 15 is 0 Å². The highest BCUT2D eigenvalue weighted by molar-refractivity contribution is 5.78. The van der Waals surface area contributed by atoms with Crippen molar-refractivity contribution < 1.29 is 9.18 Å². The molecule has 23 heavy (non-hydrogen) atoms. The van der Waals surface area contributed by atoms with Gasteiger partial charge >= 0.3 is 0 Å². The van der Waals surface area contributed by atoms with Crippen molar-refractivity contribution in [1.29, 1.82) is 0 Å². The van der Waals surface area contributed by atoms with Crippen molar-refractivity contribution in [2.24, 2.45) is 0 Å². The number of piperidine rings is 1. The summed E-state index contributed by atoms with van der Waals surface area (Å²) in [5, 5.41) is 4.55. The van der Waals surface area contributed by atoms with Crippen LogP contribution >= 0.6 is 0 Å². The second-order valence-electron chi connectivity index (χ2n) is 6.31. The third kappa shape index (κ3) is 3.60. The maximum atomic E-state index is 13.3. The van der Waals surface area contributed by atoms with Gasteiger partial charge in [0, 0.05) is 18.8 Å². The molecule has 122 valence electrons. The fourth-order valence-corrected chi connectivity index (χ4v) is 3.33. The Morgan fingerprint density at radius 3 is 2.87 bits per heavy atom. The summed E-state index contributed by atoms with van der Waals surface area (Å²) in [6.07, 6.45) is 2.26. The van der Waals surface area contributed by atoms with Crippen molar-refractivity contribution >= 4 is 5.91 Å². The van der Waals surface area contributed by atoms with E-state index in [2.05, 4.69) is 11.2 Å². The van der Waals surface area contributed by atoms with E-state index in [0.717, 1.165) is 36.3 Å². The first-order valence-corrected chi connectivity index (χ1v) is 8.08. The SMILES string of the molecule is Cc1cc(C)n([C@@H]2CCCN(C(=O)Cc3cccc(F)c3)C2)n1. The zero-order valence-electron chi connectivity index (χ0n) is 13.6. The molecule has 2 aromatic rings. The van der Waals surface area contributed by atoms with Crippen molar-refractivity contribution in [2.75, 3.05) is 13.1 Å². The topological polar surface area (TPSA) is 38.1 Å². The molecule has 0 aliphatic carbocycles. The van der Waals surface area contributed by atoms with E-state index in [9.17, 15) is 9.18 Å². The Hall–Kier alpha value is -2.17. The summed E-state index contributed by atoms with van der Waals surface area (Å²) in [5.74, 6) is -0.240. The highest BCUT2D eigenvalue weighted by atomic mass is 19.1. The van der Waals surface area contributed by atoms with Gasteiger partial charge in [-0.3, -0.25) is 9.48 Å². The fourth-order valence-electron chi connectivity index (χ4n) is 3.33. The number of benzene rings is 1. The van der Waals surface area contributed by atoms with Crippen LogP contribution in [-0.2, 0) is 11.2 Å². The molecule has 3 rings (SSSR count). The first kappa shape index (κ1) is 15.7. The van der Waals surface area contributed by atoms with E-state index in [1.54, 1.807) is 12.1 Å². The van der Waals surface area contributed by atoms with Gasteiger partial charge in [0.1, 0.15) is 5.82 Å². The summed E-state index contributed by atoms with van der Waals surface area (Å²) in [4.78, 5) is 14.4. The molecule has 0 bridgehead atoms. The molecule has 5 heteroatoms. The zero-order valence-corrected chi connectivity index (χ0v) is 13.6. The molecule has 1 aromatic carbocycles. The van der Waals surface area contributed by atoms with Crippen LogP contribution in [0.4, 0.5) is 4.39 Å². The second-order valence-corrected chi connectivity index (χ2v) is 6.31. The summed E-state index contributed by atoms with van der Waals surface area (Å²) in [7, 11) is 0. The lowest BCUT2D eigenvalue weighted by molar-refractivity contribution is -0.132. The number of aryl methyl sites for hydroxylation is 2. The Kier molecular flexibility index (Phi) is 4.46. The van der Waals surface area contributed by atoms with Gasteiger partial charge in [0.25, 0.3) is 0 Å². The smallest absolute Gasteiger partial charge is 0.227 e. The Labute approximate surface area is 135 Å². The van der Waals surface area contributed by atoms with Crippen LogP contribution in [0, 0.1) is 19.7 Å². The summed E-state index contributed by atoms with van der Waals surface area (Å²) in [5.41, 5.74) is 2.86. The van der Waals surface area contributed by atoms with Crippen LogP contribution < -0.4 is 0 Å². The average Bonchev–Trinajstić information content (AvgIpc) is 2.86. The monoisotopic (exact) mass is 315 g/mol. The van der Waals surface area contributed by atoms with Gasteiger partial charge in [0.2, 0.25) is 5.91 Å². The number of halogens is 1. The molecule has 2 heterocycles. The number of rotatable bonds is 3. The lowest BCUT2D eigenvalue weighted by Crippen LogP contribution is -2.41. The standard InChI is InChI=1S/C18H22FN3O/c1-13-9-14(2)22(20-13)17-7-4-8-21(12-17)18(23)11-15-5-3-6-16(19)10-15/h3,5-6,9-10,17H,4,7-8,11-12H2,1-2H3/t17-/m1/s1. The number of carbonyl (C=O) groups is 1. The third-order valence-corrected chi connectivity index (χ3v) is 4.38. The molecule has 1 fully saturated rings. The van der Waals surface area contributed by atoms with E-state index in [1.165, 1.54) is 12.1 Å². The van der Waals surface area contributed by atoms with Crippen LogP contribution in [0.3, 0.4) is 0 Å². The van der Waals surface area contributed by atoms with Gasteiger partial charge in [0.05, 0.1) is 18.2 Å². The summed E-state index contributed by atoms with van der Waals surface area (Å²) in [6.45, 7) is 5.48. The Morgan fingerprint density at radius 2 is 2.17 bits per heavy atom. The maximum Gasteiger partial charge on any atom is 0.227 e. The number of likely N-dealkylation sites (tertiary alicyclic amines) is 1. The first-order valence-electron chi connectivity index (χ1n) is 8.08. The Morgan fingerprint density at radius 1 is 1.35 bits per heavy atom. The first-order chi connectivity index (χ1) is 11.0. The molecule has 1 atom stereocenters. The van der Waals surface area contributed by atoms with E-state index in [-0.39, 0.29) is 24.2 Å². The second kappa shape index (κ2) is 6.52. The number of hydrogen-bond donors (Lipinski definition) is 0. The number of carbonyl (C=O) groups excluding carboxylic acids is 1. The highest BCUT2D eigenvalue weighted by Crippen LogP contribution is 2.23. The van der Waals surface area contributed by atoms with Crippen molar-refractivity contribution in [3.05, 3.63) is 53.1 Å². The minimum absolute atomic E-state index is 0.0573.